The highest BCUT2D eigenvalue weighted by Crippen LogP contribution is 2.45. The molecule has 2 N–H and O–H groups in total. The predicted molar refractivity (Wildman–Crippen MR) is 50.7 cm³/mol. The number of aryl methyl sites for hydroxylation is 1. The summed E-state index contributed by atoms with van der Waals surface area (Å²) in [5.74, 6) is 1.12. The SMILES string of the molecule is NC1(c2nc3n(c2Cl)CCC3)CC1. The van der Waals surface area contributed by atoms with E-state index in [2.05, 4.69) is 9.55 Å². The smallest absolute Gasteiger partial charge is 0.133 e. The molecule has 1 fully saturated rings. The Morgan fingerprint density at radius 2 is 2.23 bits per heavy atom. The maximum absolute atomic E-state index is 6.21. The van der Waals surface area contributed by atoms with Gasteiger partial charge in [-0.05, 0) is 19.3 Å². The van der Waals surface area contributed by atoms with Crippen LogP contribution in [0.4, 0.5) is 0 Å². The van der Waals surface area contributed by atoms with E-state index in [1.165, 1.54) is 6.42 Å². The maximum Gasteiger partial charge on any atom is 0.133 e. The van der Waals surface area contributed by atoms with Crippen LogP contribution in [0.15, 0.2) is 0 Å². The summed E-state index contributed by atoms with van der Waals surface area (Å²) in [4.78, 5) is 4.53. The van der Waals surface area contributed by atoms with Gasteiger partial charge in [0.2, 0.25) is 0 Å². The van der Waals surface area contributed by atoms with Crippen molar-refractivity contribution in [1.82, 2.24) is 9.55 Å². The summed E-state index contributed by atoms with van der Waals surface area (Å²) in [7, 11) is 0. The molecule has 0 radical (unpaired) electrons. The van der Waals surface area contributed by atoms with Gasteiger partial charge in [-0.25, -0.2) is 4.98 Å². The van der Waals surface area contributed by atoms with Gasteiger partial charge < -0.3 is 10.3 Å². The maximum atomic E-state index is 6.21. The quantitative estimate of drug-likeness (QED) is 0.740. The Morgan fingerprint density at radius 1 is 1.46 bits per heavy atom. The van der Waals surface area contributed by atoms with Gasteiger partial charge in [0.25, 0.3) is 0 Å². The second-order valence-corrected chi connectivity index (χ2v) is 4.44. The van der Waals surface area contributed by atoms with Crippen LogP contribution in [-0.4, -0.2) is 9.55 Å². The number of hydrogen-bond donors (Lipinski definition) is 1. The summed E-state index contributed by atoms with van der Waals surface area (Å²) in [5, 5.41) is 0.785. The molecule has 13 heavy (non-hydrogen) atoms. The zero-order valence-electron chi connectivity index (χ0n) is 7.39. The number of nitrogens with two attached hydrogens (primary N) is 1. The van der Waals surface area contributed by atoms with Crippen molar-refractivity contribution in [3.8, 4) is 0 Å². The van der Waals surface area contributed by atoms with Crippen molar-refractivity contribution in [2.45, 2.75) is 37.8 Å². The molecular formula is C9H12ClN3. The molecule has 0 amide bonds. The van der Waals surface area contributed by atoms with Crippen molar-refractivity contribution >= 4 is 11.6 Å². The Labute approximate surface area is 81.9 Å². The molecule has 4 heteroatoms. The van der Waals surface area contributed by atoms with Crippen LogP contribution in [-0.2, 0) is 18.5 Å². The van der Waals surface area contributed by atoms with E-state index in [-0.39, 0.29) is 5.54 Å². The van der Waals surface area contributed by atoms with Crippen molar-refractivity contribution in [2.75, 3.05) is 0 Å². The van der Waals surface area contributed by atoms with Gasteiger partial charge in [0.15, 0.2) is 0 Å². The molecule has 0 spiro atoms. The summed E-state index contributed by atoms with van der Waals surface area (Å²) in [6, 6.07) is 0. The number of fused-ring (bicyclic) bond motifs is 1. The molecule has 3 nitrogen and oxygen atoms in total. The van der Waals surface area contributed by atoms with Crippen LogP contribution in [0.25, 0.3) is 0 Å². The fourth-order valence-corrected chi connectivity index (χ4v) is 2.39. The van der Waals surface area contributed by atoms with E-state index in [1.54, 1.807) is 0 Å². The Hall–Kier alpha value is -0.540. The van der Waals surface area contributed by atoms with Crippen molar-refractivity contribution in [1.29, 1.82) is 0 Å². The molecule has 1 aromatic heterocycles. The molecule has 0 atom stereocenters. The van der Waals surface area contributed by atoms with Crippen LogP contribution < -0.4 is 5.73 Å². The molecule has 1 saturated carbocycles. The number of hydrogen-bond acceptors (Lipinski definition) is 2. The largest absolute Gasteiger partial charge is 0.320 e. The van der Waals surface area contributed by atoms with E-state index in [4.69, 9.17) is 17.3 Å². The normalized spacial score (nSPS) is 23.2. The third kappa shape index (κ3) is 0.973. The minimum Gasteiger partial charge on any atom is -0.320 e. The first-order valence-electron chi connectivity index (χ1n) is 4.75. The van der Waals surface area contributed by atoms with E-state index in [1.807, 2.05) is 0 Å². The fourth-order valence-electron chi connectivity index (χ4n) is 1.98. The number of rotatable bonds is 1. The molecule has 0 unspecified atom stereocenters. The molecule has 2 aliphatic rings. The highest BCUT2D eigenvalue weighted by Gasteiger charge is 2.45. The minimum atomic E-state index is -0.186. The van der Waals surface area contributed by atoms with Crippen molar-refractivity contribution in [2.24, 2.45) is 5.73 Å². The Morgan fingerprint density at radius 3 is 2.85 bits per heavy atom. The fraction of sp³-hybridized carbons (Fsp3) is 0.667. The minimum absolute atomic E-state index is 0.186. The standard InChI is InChI=1S/C9H12ClN3/c10-8-7(9(11)3-4-9)12-6-2-1-5-13(6)8/h1-5,11H2. The van der Waals surface area contributed by atoms with E-state index < -0.39 is 0 Å². The number of aromatic nitrogens is 2. The van der Waals surface area contributed by atoms with Crippen LogP contribution in [0.2, 0.25) is 5.15 Å². The molecule has 70 valence electrons. The Kier molecular flexibility index (Phi) is 1.37. The Bertz CT molecular complexity index is 365. The van der Waals surface area contributed by atoms with Gasteiger partial charge >= 0.3 is 0 Å². The van der Waals surface area contributed by atoms with Gasteiger partial charge in [0.1, 0.15) is 11.0 Å². The lowest BCUT2D eigenvalue weighted by atomic mass is 10.2. The van der Waals surface area contributed by atoms with Crippen LogP contribution in [0, 0.1) is 0 Å². The van der Waals surface area contributed by atoms with Crippen molar-refractivity contribution in [3.63, 3.8) is 0 Å². The summed E-state index contributed by atoms with van der Waals surface area (Å²) < 4.78 is 2.10. The zero-order valence-corrected chi connectivity index (χ0v) is 8.14. The van der Waals surface area contributed by atoms with Gasteiger partial charge in [-0.3, -0.25) is 0 Å². The van der Waals surface area contributed by atoms with Crippen molar-refractivity contribution in [3.05, 3.63) is 16.7 Å². The van der Waals surface area contributed by atoms with Crippen LogP contribution in [0.5, 0.6) is 0 Å². The molecule has 0 bridgehead atoms. The molecule has 1 aromatic rings. The lowest BCUT2D eigenvalue weighted by Gasteiger charge is -2.05. The molecular weight excluding hydrogens is 186 g/mol. The number of halogens is 1. The number of imidazole rings is 1. The van der Waals surface area contributed by atoms with Gasteiger partial charge in [0.05, 0.1) is 11.2 Å². The zero-order chi connectivity index (χ0) is 9.05. The lowest BCUT2D eigenvalue weighted by molar-refractivity contribution is 0.694. The summed E-state index contributed by atoms with van der Waals surface area (Å²) in [5.41, 5.74) is 6.82. The molecule has 0 saturated heterocycles. The average molecular weight is 198 g/mol. The van der Waals surface area contributed by atoms with E-state index in [0.717, 1.165) is 42.5 Å². The Balaban J connectivity index is 2.12. The third-order valence-corrected chi connectivity index (χ3v) is 3.41. The topological polar surface area (TPSA) is 43.8 Å². The average Bonchev–Trinajstić information content (AvgIpc) is 2.62. The van der Waals surface area contributed by atoms with E-state index in [9.17, 15) is 0 Å². The van der Waals surface area contributed by atoms with E-state index >= 15 is 0 Å². The molecule has 3 rings (SSSR count). The third-order valence-electron chi connectivity index (χ3n) is 3.03. The second kappa shape index (κ2) is 2.28. The summed E-state index contributed by atoms with van der Waals surface area (Å²) in [6.45, 7) is 1.01. The summed E-state index contributed by atoms with van der Waals surface area (Å²) >= 11 is 6.21. The lowest BCUT2D eigenvalue weighted by Crippen LogP contribution is -2.20. The number of nitrogens with zero attached hydrogens (tertiary/aromatic N) is 2. The highest BCUT2D eigenvalue weighted by atomic mass is 35.5. The van der Waals surface area contributed by atoms with Gasteiger partial charge in [-0.2, -0.15) is 0 Å². The predicted octanol–water partition coefficient (Wildman–Crippen LogP) is 1.43. The van der Waals surface area contributed by atoms with Gasteiger partial charge in [-0.1, -0.05) is 11.6 Å². The first-order chi connectivity index (χ1) is 6.21. The van der Waals surface area contributed by atoms with Gasteiger partial charge in [0, 0.05) is 13.0 Å². The van der Waals surface area contributed by atoms with Crippen molar-refractivity contribution < 1.29 is 0 Å². The van der Waals surface area contributed by atoms with Crippen LogP contribution in [0.1, 0.15) is 30.8 Å². The van der Waals surface area contributed by atoms with E-state index in [0.29, 0.717) is 0 Å². The molecule has 1 aliphatic heterocycles. The van der Waals surface area contributed by atoms with Gasteiger partial charge in [-0.15, -0.1) is 0 Å². The first-order valence-corrected chi connectivity index (χ1v) is 5.13. The highest BCUT2D eigenvalue weighted by molar-refractivity contribution is 6.30. The molecule has 1 aliphatic carbocycles. The first kappa shape index (κ1) is 7.83. The monoisotopic (exact) mass is 197 g/mol. The molecule has 2 heterocycles. The van der Waals surface area contributed by atoms with Crippen LogP contribution in [0.3, 0.4) is 0 Å². The molecule has 0 aromatic carbocycles. The van der Waals surface area contributed by atoms with Crippen LogP contribution >= 0.6 is 11.6 Å². The summed E-state index contributed by atoms with van der Waals surface area (Å²) in [6.07, 6.45) is 4.28. The second-order valence-electron chi connectivity index (χ2n) is 4.08.